The van der Waals surface area contributed by atoms with E-state index in [1.807, 2.05) is 0 Å². The number of likely N-dealkylation sites (tertiary alicyclic amines) is 1. The van der Waals surface area contributed by atoms with Crippen molar-refractivity contribution in [2.75, 3.05) is 13.1 Å². The third-order valence-corrected chi connectivity index (χ3v) is 2.71. The van der Waals surface area contributed by atoms with Gasteiger partial charge in [-0.3, -0.25) is 4.79 Å². The molecule has 3 nitrogen and oxygen atoms in total. The van der Waals surface area contributed by atoms with Crippen molar-refractivity contribution >= 4 is 21.8 Å². The molecular formula is C9H6BrF3N2O. The van der Waals surface area contributed by atoms with Gasteiger partial charge < -0.3 is 4.90 Å². The number of carbonyl (C=O) groups excluding carboxylic acids is 1. The molecule has 1 aliphatic rings. The van der Waals surface area contributed by atoms with E-state index < -0.39 is 30.7 Å². The molecule has 1 aliphatic heterocycles. The minimum absolute atomic E-state index is 0.0521. The van der Waals surface area contributed by atoms with Crippen LogP contribution in [0.2, 0.25) is 0 Å². The predicted octanol–water partition coefficient (Wildman–Crippen LogP) is 2.07. The highest BCUT2D eigenvalue weighted by molar-refractivity contribution is 9.10. The van der Waals surface area contributed by atoms with Crippen LogP contribution < -0.4 is 0 Å². The third-order valence-electron chi connectivity index (χ3n) is 2.15. The summed E-state index contributed by atoms with van der Waals surface area (Å²) in [5.74, 6) is -4.04. The van der Waals surface area contributed by atoms with Gasteiger partial charge in [-0.15, -0.1) is 0 Å². The molecule has 0 N–H and O–H groups in total. The van der Waals surface area contributed by atoms with Gasteiger partial charge in [0.15, 0.2) is 5.82 Å². The maximum atomic E-state index is 12.8. The maximum absolute atomic E-state index is 12.8. The first-order valence-electron chi connectivity index (χ1n) is 4.38. The predicted molar refractivity (Wildman–Crippen MR) is 52.7 cm³/mol. The van der Waals surface area contributed by atoms with Crippen LogP contribution in [0.25, 0.3) is 0 Å². The van der Waals surface area contributed by atoms with Crippen molar-refractivity contribution in [3.8, 4) is 0 Å². The lowest BCUT2D eigenvalue weighted by atomic mass is 10.1. The van der Waals surface area contributed by atoms with E-state index in [0.29, 0.717) is 0 Å². The highest BCUT2D eigenvalue weighted by Crippen LogP contribution is 2.28. The molecule has 2 heterocycles. The minimum Gasteiger partial charge on any atom is -0.325 e. The zero-order chi connectivity index (χ0) is 11.9. The van der Waals surface area contributed by atoms with Crippen molar-refractivity contribution < 1.29 is 18.0 Å². The molecule has 0 aromatic carbocycles. The van der Waals surface area contributed by atoms with E-state index in [1.54, 1.807) is 0 Å². The lowest BCUT2D eigenvalue weighted by Crippen LogP contribution is -2.58. The molecule has 0 saturated carbocycles. The van der Waals surface area contributed by atoms with Crippen LogP contribution in [0.1, 0.15) is 10.5 Å². The zero-order valence-electron chi connectivity index (χ0n) is 7.88. The quantitative estimate of drug-likeness (QED) is 0.743. The number of pyridine rings is 1. The van der Waals surface area contributed by atoms with Crippen molar-refractivity contribution in [3.63, 3.8) is 0 Å². The molecule has 0 atom stereocenters. The fourth-order valence-corrected chi connectivity index (χ4v) is 1.68. The Bertz CT molecular complexity index is 444. The number of aromatic nitrogens is 1. The van der Waals surface area contributed by atoms with Crippen LogP contribution in [0.15, 0.2) is 16.7 Å². The minimum atomic E-state index is -2.81. The molecule has 1 aromatic rings. The summed E-state index contributed by atoms with van der Waals surface area (Å²) >= 11 is 2.82. The number of carbonyl (C=O) groups is 1. The van der Waals surface area contributed by atoms with Crippen LogP contribution in [-0.2, 0) is 0 Å². The Morgan fingerprint density at radius 2 is 2.06 bits per heavy atom. The van der Waals surface area contributed by atoms with Gasteiger partial charge in [0.05, 0.1) is 13.1 Å². The SMILES string of the molecule is O=C(c1ccc(F)c(Br)n1)N1CC(F)(F)C1. The Balaban J connectivity index is 2.13. The molecule has 2 rings (SSSR count). The van der Waals surface area contributed by atoms with Gasteiger partial charge >= 0.3 is 0 Å². The second-order valence-electron chi connectivity index (χ2n) is 3.49. The summed E-state index contributed by atoms with van der Waals surface area (Å²) in [6.45, 7) is -1.22. The van der Waals surface area contributed by atoms with Crippen LogP contribution in [0, 0.1) is 5.82 Å². The summed E-state index contributed by atoms with van der Waals surface area (Å²) < 4.78 is 37.8. The van der Waals surface area contributed by atoms with Crippen LogP contribution >= 0.6 is 15.9 Å². The second kappa shape index (κ2) is 3.73. The fraction of sp³-hybridized carbons (Fsp3) is 0.333. The van der Waals surface area contributed by atoms with Gasteiger partial charge in [-0.05, 0) is 28.1 Å². The molecule has 1 aromatic heterocycles. The first-order valence-corrected chi connectivity index (χ1v) is 5.17. The summed E-state index contributed by atoms with van der Waals surface area (Å²) in [5.41, 5.74) is -0.0521. The largest absolute Gasteiger partial charge is 0.325 e. The number of hydrogen-bond donors (Lipinski definition) is 0. The Labute approximate surface area is 97.4 Å². The zero-order valence-corrected chi connectivity index (χ0v) is 9.47. The molecule has 1 fully saturated rings. The number of alkyl halides is 2. The first kappa shape index (κ1) is 11.4. The monoisotopic (exact) mass is 294 g/mol. The smallest absolute Gasteiger partial charge is 0.282 e. The molecule has 0 aliphatic carbocycles. The number of amides is 1. The Morgan fingerprint density at radius 3 is 2.56 bits per heavy atom. The van der Waals surface area contributed by atoms with Crippen LogP contribution in [0.3, 0.4) is 0 Å². The topological polar surface area (TPSA) is 33.2 Å². The molecule has 0 unspecified atom stereocenters. The Morgan fingerprint density at radius 1 is 1.44 bits per heavy atom. The van der Waals surface area contributed by atoms with Crippen molar-refractivity contribution in [2.24, 2.45) is 0 Å². The van der Waals surface area contributed by atoms with Gasteiger partial charge in [-0.25, -0.2) is 18.2 Å². The Hall–Kier alpha value is -1.11. The molecule has 1 amide bonds. The van der Waals surface area contributed by atoms with Crippen molar-refractivity contribution in [1.29, 1.82) is 0 Å². The Kier molecular flexibility index (Phi) is 2.65. The molecule has 0 radical (unpaired) electrons. The lowest BCUT2D eigenvalue weighted by molar-refractivity contribution is -0.113. The molecule has 7 heteroatoms. The summed E-state index contributed by atoms with van der Waals surface area (Å²) in [6, 6.07) is 2.22. The molecule has 0 spiro atoms. The van der Waals surface area contributed by atoms with Gasteiger partial charge in [0.1, 0.15) is 10.3 Å². The molecule has 16 heavy (non-hydrogen) atoms. The highest BCUT2D eigenvalue weighted by Gasteiger charge is 2.46. The second-order valence-corrected chi connectivity index (χ2v) is 4.24. The summed E-state index contributed by atoms with van der Waals surface area (Å²) in [7, 11) is 0. The number of hydrogen-bond acceptors (Lipinski definition) is 2. The molecular weight excluding hydrogens is 289 g/mol. The van der Waals surface area contributed by atoms with Crippen molar-refractivity contribution in [1.82, 2.24) is 9.88 Å². The molecule has 0 bridgehead atoms. The standard InChI is InChI=1S/C9H6BrF3N2O/c10-7-5(11)1-2-6(14-7)8(16)15-3-9(12,13)4-15/h1-2H,3-4H2. The van der Waals surface area contributed by atoms with Gasteiger partial charge in [0.2, 0.25) is 0 Å². The summed E-state index contributed by atoms with van der Waals surface area (Å²) in [6.07, 6.45) is 0. The first-order chi connectivity index (χ1) is 7.39. The average Bonchev–Trinajstić information content (AvgIpc) is 2.17. The van der Waals surface area contributed by atoms with E-state index in [2.05, 4.69) is 20.9 Å². The van der Waals surface area contributed by atoms with Gasteiger partial charge in [0, 0.05) is 0 Å². The molecule has 86 valence electrons. The van der Waals surface area contributed by atoms with Gasteiger partial charge in [0.25, 0.3) is 11.8 Å². The number of rotatable bonds is 1. The summed E-state index contributed by atoms with van der Waals surface area (Å²) in [4.78, 5) is 16.2. The van der Waals surface area contributed by atoms with E-state index in [0.717, 1.165) is 11.0 Å². The number of nitrogens with zero attached hydrogens (tertiary/aromatic N) is 2. The van der Waals surface area contributed by atoms with E-state index in [1.165, 1.54) is 6.07 Å². The average molecular weight is 295 g/mol. The highest BCUT2D eigenvalue weighted by atomic mass is 79.9. The van der Waals surface area contributed by atoms with Gasteiger partial charge in [-0.1, -0.05) is 0 Å². The van der Waals surface area contributed by atoms with E-state index in [9.17, 15) is 18.0 Å². The van der Waals surface area contributed by atoms with Crippen LogP contribution in [0.4, 0.5) is 13.2 Å². The third kappa shape index (κ3) is 2.04. The van der Waals surface area contributed by atoms with E-state index >= 15 is 0 Å². The molecule has 1 saturated heterocycles. The van der Waals surface area contributed by atoms with E-state index in [-0.39, 0.29) is 10.3 Å². The normalized spacial score (nSPS) is 18.1. The van der Waals surface area contributed by atoms with Gasteiger partial charge in [-0.2, -0.15) is 0 Å². The number of halogens is 4. The fourth-order valence-electron chi connectivity index (χ4n) is 1.35. The van der Waals surface area contributed by atoms with Crippen LogP contribution in [0.5, 0.6) is 0 Å². The van der Waals surface area contributed by atoms with Crippen molar-refractivity contribution in [2.45, 2.75) is 5.92 Å². The lowest BCUT2D eigenvalue weighted by Gasteiger charge is -2.38. The summed E-state index contributed by atoms with van der Waals surface area (Å²) in [5, 5.41) is 0. The van der Waals surface area contributed by atoms with Crippen molar-refractivity contribution in [3.05, 3.63) is 28.2 Å². The van der Waals surface area contributed by atoms with Crippen LogP contribution in [-0.4, -0.2) is 34.8 Å². The van der Waals surface area contributed by atoms with E-state index in [4.69, 9.17) is 0 Å². The maximum Gasteiger partial charge on any atom is 0.282 e.